The molecule has 2 unspecified atom stereocenters. The number of aliphatic hydroxyl groups is 1. The molecule has 256 valence electrons. The van der Waals surface area contributed by atoms with Crippen molar-refractivity contribution in [1.82, 2.24) is 9.80 Å². The lowest BCUT2D eigenvalue weighted by Gasteiger charge is -2.40. The SMILES string of the molecule is C=CCN(Cc1ccccc1)C(=O)[C@@H]1[C@H]2C(=O)N([C@H](CO)c3ccccc3)C(C(=O)N(CC=C)c3c(C)cccc3C)C23CC[C@@]1(CC)O3. The van der Waals surface area contributed by atoms with Gasteiger partial charge in [0.2, 0.25) is 11.8 Å². The first-order chi connectivity index (χ1) is 23.7. The molecule has 3 heterocycles. The smallest absolute Gasteiger partial charge is 0.253 e. The number of anilines is 1. The van der Waals surface area contributed by atoms with Crippen molar-refractivity contribution in [2.45, 2.75) is 69.9 Å². The summed E-state index contributed by atoms with van der Waals surface area (Å²) in [6.07, 6.45) is 4.88. The molecule has 3 aromatic rings. The second-order valence-corrected chi connectivity index (χ2v) is 13.7. The van der Waals surface area contributed by atoms with E-state index in [0.29, 0.717) is 37.9 Å². The van der Waals surface area contributed by atoms with Crippen LogP contribution in [0, 0.1) is 25.7 Å². The van der Waals surface area contributed by atoms with E-state index in [-0.39, 0.29) is 24.3 Å². The number of carbonyl (C=O) groups is 3. The molecule has 8 heteroatoms. The van der Waals surface area contributed by atoms with Crippen molar-refractivity contribution in [2.24, 2.45) is 11.8 Å². The third-order valence-corrected chi connectivity index (χ3v) is 11.0. The molecule has 0 saturated carbocycles. The first-order valence-electron chi connectivity index (χ1n) is 17.3. The Bertz CT molecular complexity index is 1710. The number of ether oxygens (including phenoxy) is 1. The number of nitrogens with zero attached hydrogens (tertiary/aromatic N) is 3. The highest BCUT2D eigenvalue weighted by Crippen LogP contribution is 2.65. The molecular weight excluding hydrogens is 614 g/mol. The van der Waals surface area contributed by atoms with Crippen LogP contribution in [0.3, 0.4) is 0 Å². The highest BCUT2D eigenvalue weighted by molar-refractivity contribution is 6.06. The summed E-state index contributed by atoms with van der Waals surface area (Å²) in [6.45, 7) is 14.3. The second-order valence-electron chi connectivity index (χ2n) is 13.7. The van der Waals surface area contributed by atoms with Crippen LogP contribution < -0.4 is 4.90 Å². The lowest BCUT2D eigenvalue weighted by Crippen LogP contribution is -2.57. The minimum absolute atomic E-state index is 0.184. The van der Waals surface area contributed by atoms with E-state index in [4.69, 9.17) is 4.74 Å². The number of hydrogen-bond acceptors (Lipinski definition) is 5. The molecule has 1 spiro atoms. The van der Waals surface area contributed by atoms with Crippen LogP contribution in [0.25, 0.3) is 0 Å². The summed E-state index contributed by atoms with van der Waals surface area (Å²) in [4.78, 5) is 50.4. The lowest BCUT2D eigenvalue weighted by molar-refractivity contribution is -0.154. The molecule has 3 aromatic carbocycles. The molecular formula is C41H47N3O5. The van der Waals surface area contributed by atoms with Crippen molar-refractivity contribution in [1.29, 1.82) is 0 Å². The Kier molecular flexibility index (Phi) is 9.65. The fourth-order valence-electron chi connectivity index (χ4n) is 8.86. The van der Waals surface area contributed by atoms with Gasteiger partial charge < -0.3 is 24.5 Å². The van der Waals surface area contributed by atoms with Gasteiger partial charge in [-0.3, -0.25) is 14.4 Å². The number of hydrogen-bond donors (Lipinski definition) is 1. The van der Waals surface area contributed by atoms with Gasteiger partial charge in [-0.25, -0.2) is 0 Å². The topological polar surface area (TPSA) is 90.4 Å². The van der Waals surface area contributed by atoms with E-state index in [0.717, 1.165) is 22.4 Å². The van der Waals surface area contributed by atoms with Crippen LogP contribution in [0.15, 0.2) is 104 Å². The first kappa shape index (κ1) is 34.3. The summed E-state index contributed by atoms with van der Waals surface area (Å²) >= 11 is 0. The average molecular weight is 662 g/mol. The normalized spacial score (nSPS) is 25.9. The van der Waals surface area contributed by atoms with E-state index in [1.807, 2.05) is 99.6 Å². The van der Waals surface area contributed by atoms with Gasteiger partial charge in [0.1, 0.15) is 11.6 Å². The Morgan fingerprint density at radius 2 is 1.57 bits per heavy atom. The van der Waals surface area contributed by atoms with Crippen LogP contribution in [-0.4, -0.2) is 69.6 Å². The molecule has 49 heavy (non-hydrogen) atoms. The molecule has 3 saturated heterocycles. The van der Waals surface area contributed by atoms with Crippen LogP contribution in [0.1, 0.15) is 54.5 Å². The standard InChI is InChI=1S/C41H47N3O5/c1-6-24-42(26-30-18-11-9-12-19-30)37(46)33-34-38(47)44(32(27-45)31-20-13-10-14-21-31)36(41(34)23-22-40(33,8-3)49-41)39(48)43(25-7-2)35-28(4)16-15-17-29(35)5/h6-7,9-21,32-34,36,45H,1-2,8,22-27H2,3-5H3/t32-,33+,34+,36?,40-,41?/m1/s1. The number of para-hydroxylation sites is 1. The van der Waals surface area contributed by atoms with E-state index in [1.54, 1.807) is 26.9 Å². The maximum Gasteiger partial charge on any atom is 0.253 e. The van der Waals surface area contributed by atoms with Crippen LogP contribution in [-0.2, 0) is 25.7 Å². The summed E-state index contributed by atoms with van der Waals surface area (Å²) in [5, 5.41) is 11.0. The second kappa shape index (κ2) is 13.8. The van der Waals surface area contributed by atoms with Gasteiger partial charge in [0.05, 0.1) is 30.1 Å². The Morgan fingerprint density at radius 3 is 2.16 bits per heavy atom. The van der Waals surface area contributed by atoms with Crippen LogP contribution in [0.4, 0.5) is 5.69 Å². The monoisotopic (exact) mass is 661 g/mol. The average Bonchev–Trinajstić information content (AvgIpc) is 3.72. The number of aryl methyl sites for hydroxylation is 2. The maximum absolute atomic E-state index is 15.3. The Balaban J connectivity index is 1.51. The number of aliphatic hydroxyl groups excluding tert-OH is 1. The highest BCUT2D eigenvalue weighted by Gasteiger charge is 2.79. The minimum atomic E-state index is -1.27. The molecule has 2 bridgehead atoms. The molecule has 1 N–H and O–H groups in total. The van der Waals surface area contributed by atoms with Gasteiger partial charge in [0.15, 0.2) is 0 Å². The van der Waals surface area contributed by atoms with Crippen molar-refractivity contribution in [3.05, 3.63) is 126 Å². The summed E-state index contributed by atoms with van der Waals surface area (Å²) in [5.41, 5.74) is 2.07. The zero-order chi connectivity index (χ0) is 34.9. The van der Waals surface area contributed by atoms with Crippen molar-refractivity contribution in [3.63, 3.8) is 0 Å². The molecule has 6 rings (SSSR count). The molecule has 3 amide bonds. The molecule has 0 radical (unpaired) electrons. The van der Waals surface area contributed by atoms with Crippen molar-refractivity contribution >= 4 is 23.4 Å². The van der Waals surface area contributed by atoms with Crippen molar-refractivity contribution in [2.75, 3.05) is 24.6 Å². The molecule has 3 aliphatic rings. The summed E-state index contributed by atoms with van der Waals surface area (Å²) in [5.74, 6) is -2.56. The van der Waals surface area contributed by atoms with Gasteiger partial charge in [-0.05, 0) is 55.4 Å². The van der Waals surface area contributed by atoms with Crippen LogP contribution in [0.2, 0.25) is 0 Å². The summed E-state index contributed by atoms with van der Waals surface area (Å²) in [6, 6.07) is 23.0. The fraction of sp³-hybridized carbons (Fsp3) is 0.390. The maximum atomic E-state index is 15.3. The van der Waals surface area contributed by atoms with E-state index in [1.165, 1.54) is 0 Å². The number of benzene rings is 3. The Labute approximate surface area is 289 Å². The summed E-state index contributed by atoms with van der Waals surface area (Å²) < 4.78 is 7.13. The zero-order valence-electron chi connectivity index (χ0n) is 28.8. The quantitative estimate of drug-likeness (QED) is 0.230. The predicted molar refractivity (Wildman–Crippen MR) is 190 cm³/mol. The van der Waals surface area contributed by atoms with Gasteiger partial charge in [-0.15, -0.1) is 13.2 Å². The number of fused-ring (bicyclic) bond motifs is 1. The highest BCUT2D eigenvalue weighted by atomic mass is 16.5. The number of carbonyl (C=O) groups excluding carboxylic acids is 3. The molecule has 6 atom stereocenters. The third-order valence-electron chi connectivity index (χ3n) is 11.0. The van der Waals surface area contributed by atoms with Gasteiger partial charge in [-0.2, -0.15) is 0 Å². The zero-order valence-corrected chi connectivity index (χ0v) is 28.8. The number of amides is 3. The Morgan fingerprint density at radius 1 is 0.939 bits per heavy atom. The van der Waals surface area contributed by atoms with Gasteiger partial charge in [-0.1, -0.05) is 97.9 Å². The van der Waals surface area contributed by atoms with Gasteiger partial charge in [0, 0.05) is 25.3 Å². The molecule has 0 aliphatic carbocycles. The molecule has 3 aliphatic heterocycles. The number of likely N-dealkylation sites (tertiary alicyclic amines) is 1. The molecule has 8 nitrogen and oxygen atoms in total. The minimum Gasteiger partial charge on any atom is -0.394 e. The Hall–Kier alpha value is -4.53. The third kappa shape index (κ3) is 5.61. The van der Waals surface area contributed by atoms with E-state index >= 15 is 9.59 Å². The van der Waals surface area contributed by atoms with Crippen molar-refractivity contribution < 1.29 is 24.2 Å². The van der Waals surface area contributed by atoms with E-state index in [2.05, 4.69) is 13.2 Å². The van der Waals surface area contributed by atoms with Crippen LogP contribution in [0.5, 0.6) is 0 Å². The lowest BCUT2D eigenvalue weighted by atomic mass is 9.64. The fourth-order valence-corrected chi connectivity index (χ4v) is 8.86. The van der Waals surface area contributed by atoms with Crippen molar-refractivity contribution in [3.8, 4) is 0 Å². The van der Waals surface area contributed by atoms with Crippen LogP contribution >= 0.6 is 0 Å². The molecule has 0 aromatic heterocycles. The van der Waals surface area contributed by atoms with Gasteiger partial charge >= 0.3 is 0 Å². The summed E-state index contributed by atoms with van der Waals surface area (Å²) in [7, 11) is 0. The van der Waals surface area contributed by atoms with E-state index < -0.39 is 41.7 Å². The number of rotatable bonds is 13. The predicted octanol–water partition coefficient (Wildman–Crippen LogP) is 5.93. The molecule has 3 fully saturated rings. The largest absolute Gasteiger partial charge is 0.394 e. The first-order valence-corrected chi connectivity index (χ1v) is 17.3. The van der Waals surface area contributed by atoms with Gasteiger partial charge in [0.25, 0.3) is 5.91 Å². The van der Waals surface area contributed by atoms with E-state index in [9.17, 15) is 9.90 Å².